The number of hydrogen-bond donors (Lipinski definition) is 2. The van der Waals surface area contributed by atoms with Crippen LogP contribution in [0, 0.1) is 0 Å². The van der Waals surface area contributed by atoms with Crippen LogP contribution in [0.25, 0.3) is 0 Å². The molecule has 0 radical (unpaired) electrons. The number of rotatable bonds is 2. The lowest BCUT2D eigenvalue weighted by molar-refractivity contribution is -0.137. The number of nitrogens with one attached hydrogen (secondary N) is 1. The third-order valence-electron chi connectivity index (χ3n) is 3.12. The van der Waals surface area contributed by atoms with Crippen molar-refractivity contribution in [2.24, 2.45) is 5.73 Å². The molecule has 3 N–H and O–H groups in total. The third-order valence-corrected chi connectivity index (χ3v) is 3.61. The van der Waals surface area contributed by atoms with Gasteiger partial charge < -0.3 is 11.1 Å². The Labute approximate surface area is 112 Å². The second kappa shape index (κ2) is 5.09. The van der Waals surface area contributed by atoms with Gasteiger partial charge in [0, 0.05) is 22.2 Å². The number of benzene rings is 1. The van der Waals surface area contributed by atoms with E-state index in [1.54, 1.807) is 6.07 Å². The molecule has 1 fully saturated rings. The summed E-state index contributed by atoms with van der Waals surface area (Å²) in [5.41, 5.74) is 5.25. The summed E-state index contributed by atoms with van der Waals surface area (Å²) < 4.78 is 39.1. The second-order valence-electron chi connectivity index (χ2n) is 4.60. The first-order chi connectivity index (χ1) is 8.36. The Balaban J connectivity index is 2.22. The first-order valence-corrected chi connectivity index (χ1v) is 6.54. The highest BCUT2D eigenvalue weighted by Crippen LogP contribution is 2.37. The van der Waals surface area contributed by atoms with Crippen LogP contribution in [0.3, 0.4) is 0 Å². The minimum Gasteiger partial charge on any atom is -0.382 e. The molecule has 2 rings (SSSR count). The van der Waals surface area contributed by atoms with Gasteiger partial charge in [0.25, 0.3) is 0 Å². The van der Waals surface area contributed by atoms with E-state index in [4.69, 9.17) is 5.73 Å². The number of halogens is 4. The lowest BCUT2D eigenvalue weighted by Crippen LogP contribution is -2.22. The first-order valence-electron chi connectivity index (χ1n) is 5.75. The van der Waals surface area contributed by atoms with Gasteiger partial charge in [-0.25, -0.2) is 0 Å². The lowest BCUT2D eigenvalue weighted by Gasteiger charge is -2.19. The molecule has 0 saturated heterocycles. The van der Waals surface area contributed by atoms with Crippen LogP contribution in [0.2, 0.25) is 0 Å². The van der Waals surface area contributed by atoms with E-state index in [-0.39, 0.29) is 17.8 Å². The quantitative estimate of drug-likeness (QED) is 0.870. The molecule has 2 unspecified atom stereocenters. The molecule has 1 aliphatic rings. The van der Waals surface area contributed by atoms with Crippen molar-refractivity contribution >= 4 is 21.6 Å². The predicted molar refractivity (Wildman–Crippen MR) is 68.4 cm³/mol. The van der Waals surface area contributed by atoms with Crippen LogP contribution in [0.4, 0.5) is 18.9 Å². The van der Waals surface area contributed by atoms with Gasteiger partial charge in [0.15, 0.2) is 0 Å². The standard InChI is InChI=1S/C12H14BrF3N2/c13-7-1-4-11(10(5-7)12(14,15)16)18-9-3-2-8(17)6-9/h1,4-5,8-9,18H,2-3,6,17H2. The van der Waals surface area contributed by atoms with Crippen LogP contribution in [0.5, 0.6) is 0 Å². The van der Waals surface area contributed by atoms with E-state index in [0.29, 0.717) is 10.9 Å². The Morgan fingerprint density at radius 3 is 2.56 bits per heavy atom. The van der Waals surface area contributed by atoms with E-state index in [9.17, 15) is 13.2 Å². The van der Waals surface area contributed by atoms with Crippen LogP contribution >= 0.6 is 15.9 Å². The van der Waals surface area contributed by atoms with E-state index in [0.717, 1.165) is 18.9 Å². The Morgan fingerprint density at radius 2 is 2.00 bits per heavy atom. The van der Waals surface area contributed by atoms with Gasteiger partial charge in [-0.3, -0.25) is 0 Å². The van der Waals surface area contributed by atoms with E-state index in [1.165, 1.54) is 6.07 Å². The molecule has 0 aromatic heterocycles. The van der Waals surface area contributed by atoms with Crippen molar-refractivity contribution in [3.8, 4) is 0 Å². The van der Waals surface area contributed by atoms with Crippen LogP contribution < -0.4 is 11.1 Å². The van der Waals surface area contributed by atoms with Crippen molar-refractivity contribution in [2.75, 3.05) is 5.32 Å². The maximum Gasteiger partial charge on any atom is 0.418 e. The Morgan fingerprint density at radius 1 is 1.28 bits per heavy atom. The van der Waals surface area contributed by atoms with Gasteiger partial charge in [-0.05, 0) is 37.5 Å². The van der Waals surface area contributed by atoms with Gasteiger partial charge in [0.1, 0.15) is 0 Å². The molecule has 6 heteroatoms. The molecular formula is C12H14BrF3N2. The summed E-state index contributed by atoms with van der Waals surface area (Å²) in [6.07, 6.45) is -1.97. The zero-order valence-electron chi connectivity index (χ0n) is 9.60. The van der Waals surface area contributed by atoms with Gasteiger partial charge >= 0.3 is 6.18 Å². The Hall–Kier alpha value is -0.750. The summed E-state index contributed by atoms with van der Waals surface area (Å²) in [6.45, 7) is 0. The number of anilines is 1. The molecule has 0 aliphatic heterocycles. The van der Waals surface area contributed by atoms with Crippen molar-refractivity contribution in [1.82, 2.24) is 0 Å². The van der Waals surface area contributed by atoms with Crippen molar-refractivity contribution < 1.29 is 13.2 Å². The molecule has 2 nitrogen and oxygen atoms in total. The van der Waals surface area contributed by atoms with E-state index in [2.05, 4.69) is 21.2 Å². The van der Waals surface area contributed by atoms with Crippen LogP contribution in [0.1, 0.15) is 24.8 Å². The van der Waals surface area contributed by atoms with E-state index >= 15 is 0 Å². The van der Waals surface area contributed by atoms with Gasteiger partial charge in [-0.2, -0.15) is 13.2 Å². The van der Waals surface area contributed by atoms with Gasteiger partial charge in [0.2, 0.25) is 0 Å². The maximum atomic E-state index is 12.9. The number of nitrogens with two attached hydrogens (primary N) is 1. The van der Waals surface area contributed by atoms with Crippen LogP contribution in [-0.4, -0.2) is 12.1 Å². The molecule has 0 amide bonds. The zero-order chi connectivity index (χ0) is 13.3. The maximum absolute atomic E-state index is 12.9. The fourth-order valence-electron chi connectivity index (χ4n) is 2.24. The highest BCUT2D eigenvalue weighted by atomic mass is 79.9. The van der Waals surface area contributed by atoms with Crippen molar-refractivity contribution in [2.45, 2.75) is 37.5 Å². The minimum absolute atomic E-state index is 0.0299. The Kier molecular flexibility index (Phi) is 3.87. The summed E-state index contributed by atoms with van der Waals surface area (Å²) in [5, 5.41) is 2.95. The molecule has 2 atom stereocenters. The monoisotopic (exact) mass is 322 g/mol. The average molecular weight is 323 g/mol. The molecule has 18 heavy (non-hydrogen) atoms. The smallest absolute Gasteiger partial charge is 0.382 e. The van der Waals surface area contributed by atoms with Crippen molar-refractivity contribution in [3.63, 3.8) is 0 Å². The zero-order valence-corrected chi connectivity index (χ0v) is 11.2. The molecule has 1 aliphatic carbocycles. The summed E-state index contributed by atoms with van der Waals surface area (Å²) >= 11 is 3.06. The lowest BCUT2D eigenvalue weighted by atomic mass is 10.1. The van der Waals surface area contributed by atoms with Crippen molar-refractivity contribution in [1.29, 1.82) is 0 Å². The molecule has 1 aromatic carbocycles. The molecule has 0 bridgehead atoms. The Bertz CT molecular complexity index is 434. The molecular weight excluding hydrogens is 309 g/mol. The molecule has 1 saturated carbocycles. The van der Waals surface area contributed by atoms with Gasteiger partial charge in [-0.1, -0.05) is 15.9 Å². The van der Waals surface area contributed by atoms with Crippen molar-refractivity contribution in [3.05, 3.63) is 28.2 Å². The molecule has 1 aromatic rings. The topological polar surface area (TPSA) is 38.0 Å². The van der Waals surface area contributed by atoms with E-state index < -0.39 is 11.7 Å². The summed E-state index contributed by atoms with van der Waals surface area (Å²) in [5.74, 6) is 0. The average Bonchev–Trinajstić information content (AvgIpc) is 2.65. The molecule has 0 spiro atoms. The fourth-order valence-corrected chi connectivity index (χ4v) is 2.61. The predicted octanol–water partition coefficient (Wildman–Crippen LogP) is 3.76. The number of alkyl halides is 3. The number of hydrogen-bond acceptors (Lipinski definition) is 2. The molecule has 100 valence electrons. The van der Waals surface area contributed by atoms with Gasteiger partial charge in [0.05, 0.1) is 5.56 Å². The summed E-state index contributed by atoms with van der Waals surface area (Å²) in [4.78, 5) is 0. The fraction of sp³-hybridized carbons (Fsp3) is 0.500. The SMILES string of the molecule is NC1CCC(Nc2ccc(Br)cc2C(F)(F)F)C1. The molecule has 0 heterocycles. The van der Waals surface area contributed by atoms with Crippen LogP contribution in [0.15, 0.2) is 22.7 Å². The first kappa shape index (κ1) is 13.7. The normalized spacial score (nSPS) is 24.3. The van der Waals surface area contributed by atoms with Crippen LogP contribution in [-0.2, 0) is 6.18 Å². The second-order valence-corrected chi connectivity index (χ2v) is 5.52. The van der Waals surface area contributed by atoms with Gasteiger partial charge in [-0.15, -0.1) is 0 Å². The minimum atomic E-state index is -4.35. The highest BCUT2D eigenvalue weighted by molar-refractivity contribution is 9.10. The highest BCUT2D eigenvalue weighted by Gasteiger charge is 2.34. The third kappa shape index (κ3) is 3.17. The largest absolute Gasteiger partial charge is 0.418 e. The summed E-state index contributed by atoms with van der Waals surface area (Å²) in [7, 11) is 0. The summed E-state index contributed by atoms with van der Waals surface area (Å²) in [6, 6.07) is 4.27. The van der Waals surface area contributed by atoms with E-state index in [1.807, 2.05) is 0 Å².